The second-order valence-electron chi connectivity index (χ2n) is 6.90. The van der Waals surface area contributed by atoms with Crippen LogP contribution >= 0.6 is 0 Å². The number of carbonyl (C=O) groups excluding carboxylic acids is 1. The number of benzene rings is 1. The minimum Gasteiger partial charge on any atom is -0.351 e. The first-order valence-electron chi connectivity index (χ1n) is 8.86. The molecule has 3 atom stereocenters. The van der Waals surface area contributed by atoms with E-state index in [1.54, 1.807) is 6.20 Å². The van der Waals surface area contributed by atoms with Crippen molar-refractivity contribution in [2.45, 2.75) is 31.2 Å². The van der Waals surface area contributed by atoms with E-state index in [1.165, 1.54) is 11.8 Å². The van der Waals surface area contributed by atoms with Crippen LogP contribution in [0.5, 0.6) is 0 Å². The number of rotatable bonds is 4. The third-order valence-corrected chi connectivity index (χ3v) is 5.11. The number of hydrogen-bond donors (Lipinski definition) is 2. The average Bonchev–Trinajstić information content (AvgIpc) is 3.44. The molecule has 2 fully saturated rings. The molecule has 2 aromatic rings. The van der Waals surface area contributed by atoms with E-state index in [0.717, 1.165) is 25.8 Å². The number of carbonyl (C=O) groups is 1. The number of hydrogen-bond acceptors (Lipinski definition) is 4. The van der Waals surface area contributed by atoms with E-state index in [4.69, 9.17) is 0 Å². The number of aromatic amines is 1. The van der Waals surface area contributed by atoms with Gasteiger partial charge in [-0.1, -0.05) is 30.3 Å². The molecule has 1 aliphatic carbocycles. The third-order valence-electron chi connectivity index (χ3n) is 5.11. The molecule has 4 rings (SSSR count). The Kier molecular flexibility index (Phi) is 4.26. The predicted molar refractivity (Wildman–Crippen MR) is 95.5 cm³/mol. The highest BCUT2D eigenvalue weighted by molar-refractivity contribution is 5.83. The minimum atomic E-state index is -0.180. The number of amides is 1. The number of nitrogens with zero attached hydrogens (tertiary/aromatic N) is 2. The molecular formula is C19H22N4O2. The van der Waals surface area contributed by atoms with Crippen LogP contribution in [0.25, 0.3) is 0 Å². The fourth-order valence-electron chi connectivity index (χ4n) is 3.72. The third kappa shape index (κ3) is 3.43. The monoisotopic (exact) mass is 338 g/mol. The zero-order valence-corrected chi connectivity index (χ0v) is 14.0. The topological polar surface area (TPSA) is 78.1 Å². The largest absolute Gasteiger partial charge is 0.351 e. The highest BCUT2D eigenvalue weighted by Gasteiger charge is 2.44. The van der Waals surface area contributed by atoms with Crippen LogP contribution in [-0.2, 0) is 4.79 Å². The number of nitrogens with one attached hydrogen (secondary N) is 2. The number of aromatic nitrogens is 2. The molecule has 1 saturated heterocycles. The normalized spacial score (nSPS) is 25.4. The van der Waals surface area contributed by atoms with Crippen LogP contribution in [0.2, 0.25) is 0 Å². The molecule has 130 valence electrons. The molecule has 0 radical (unpaired) electrons. The summed E-state index contributed by atoms with van der Waals surface area (Å²) in [6.45, 7) is 1.43. The molecule has 1 amide bonds. The summed E-state index contributed by atoms with van der Waals surface area (Å²) in [4.78, 5) is 33.3. The summed E-state index contributed by atoms with van der Waals surface area (Å²) < 4.78 is 0. The maximum atomic E-state index is 12.6. The predicted octanol–water partition coefficient (Wildman–Crippen LogP) is 1.66. The van der Waals surface area contributed by atoms with Gasteiger partial charge in [-0.15, -0.1) is 0 Å². The van der Waals surface area contributed by atoms with Gasteiger partial charge in [0.2, 0.25) is 5.91 Å². The van der Waals surface area contributed by atoms with E-state index < -0.39 is 0 Å². The van der Waals surface area contributed by atoms with Gasteiger partial charge in [-0.25, -0.2) is 4.98 Å². The fraction of sp³-hybridized carbons (Fsp3) is 0.421. The molecule has 2 heterocycles. The standard InChI is InChI=1S/C19H22N4O2/c24-18(16-11-15(16)13-5-2-1-3-6-13)22-14-7-4-10-23(12-14)17-19(25)21-9-8-20-17/h1-3,5-6,8-9,14-16H,4,7,10-12H2,(H,21,25)(H,22,24)/t14-,15-,16-/m1/s1. The average molecular weight is 338 g/mol. The van der Waals surface area contributed by atoms with Crippen molar-refractivity contribution in [3.05, 3.63) is 58.6 Å². The maximum absolute atomic E-state index is 12.6. The zero-order valence-electron chi connectivity index (χ0n) is 14.0. The van der Waals surface area contributed by atoms with Crippen LogP contribution in [0.1, 0.15) is 30.7 Å². The molecule has 0 unspecified atom stereocenters. The van der Waals surface area contributed by atoms with Crippen molar-refractivity contribution < 1.29 is 4.79 Å². The summed E-state index contributed by atoms with van der Waals surface area (Å²) in [6, 6.07) is 10.3. The number of piperidine rings is 1. The van der Waals surface area contributed by atoms with Crippen LogP contribution in [0.15, 0.2) is 47.5 Å². The SMILES string of the molecule is O=C(N[C@@H]1CCCN(c2ncc[nH]c2=O)C1)[C@@H]1C[C@@H]1c1ccccc1. The molecule has 0 bridgehead atoms. The molecule has 1 saturated carbocycles. The van der Waals surface area contributed by atoms with Gasteiger partial charge in [0.05, 0.1) is 0 Å². The second-order valence-corrected chi connectivity index (χ2v) is 6.90. The number of anilines is 1. The molecular weight excluding hydrogens is 316 g/mol. The lowest BCUT2D eigenvalue weighted by Gasteiger charge is -2.33. The van der Waals surface area contributed by atoms with Gasteiger partial charge < -0.3 is 15.2 Å². The lowest BCUT2D eigenvalue weighted by molar-refractivity contribution is -0.123. The Labute approximate surface area is 146 Å². The highest BCUT2D eigenvalue weighted by Crippen LogP contribution is 2.47. The highest BCUT2D eigenvalue weighted by atomic mass is 16.2. The molecule has 2 N–H and O–H groups in total. The van der Waals surface area contributed by atoms with Crippen LogP contribution in [0.4, 0.5) is 5.82 Å². The Balaban J connectivity index is 1.36. The molecule has 2 aliphatic rings. The molecule has 6 nitrogen and oxygen atoms in total. The van der Waals surface area contributed by atoms with E-state index in [2.05, 4.69) is 27.4 Å². The van der Waals surface area contributed by atoms with Crippen molar-refractivity contribution >= 4 is 11.7 Å². The van der Waals surface area contributed by atoms with Gasteiger partial charge >= 0.3 is 0 Å². The summed E-state index contributed by atoms with van der Waals surface area (Å²) in [5.41, 5.74) is 1.06. The Morgan fingerprint density at radius 1 is 1.28 bits per heavy atom. The van der Waals surface area contributed by atoms with Gasteiger partial charge in [0, 0.05) is 37.4 Å². The fourth-order valence-corrected chi connectivity index (χ4v) is 3.72. The van der Waals surface area contributed by atoms with E-state index in [9.17, 15) is 9.59 Å². The van der Waals surface area contributed by atoms with Gasteiger partial charge in [-0.05, 0) is 30.7 Å². The van der Waals surface area contributed by atoms with E-state index in [-0.39, 0.29) is 23.4 Å². The molecule has 1 aromatic carbocycles. The van der Waals surface area contributed by atoms with Crippen LogP contribution in [0, 0.1) is 5.92 Å². The molecule has 1 aliphatic heterocycles. The first kappa shape index (κ1) is 15.9. The van der Waals surface area contributed by atoms with Crippen molar-refractivity contribution in [3.63, 3.8) is 0 Å². The summed E-state index contributed by atoms with van der Waals surface area (Å²) in [5, 5.41) is 3.18. The second kappa shape index (κ2) is 6.70. The summed E-state index contributed by atoms with van der Waals surface area (Å²) >= 11 is 0. The van der Waals surface area contributed by atoms with Gasteiger partial charge in [-0.2, -0.15) is 0 Å². The van der Waals surface area contributed by atoms with E-state index >= 15 is 0 Å². The first-order valence-corrected chi connectivity index (χ1v) is 8.86. The van der Waals surface area contributed by atoms with E-state index in [1.807, 2.05) is 23.1 Å². The smallest absolute Gasteiger partial charge is 0.290 e. The molecule has 25 heavy (non-hydrogen) atoms. The molecule has 0 spiro atoms. The quantitative estimate of drug-likeness (QED) is 0.889. The number of H-pyrrole nitrogens is 1. The van der Waals surface area contributed by atoms with Crippen molar-refractivity contribution in [2.24, 2.45) is 5.92 Å². The summed E-state index contributed by atoms with van der Waals surface area (Å²) in [5.74, 6) is 1.00. The lowest BCUT2D eigenvalue weighted by Crippen LogP contribution is -2.49. The Hall–Kier alpha value is -2.63. The van der Waals surface area contributed by atoms with Crippen LogP contribution < -0.4 is 15.8 Å². The van der Waals surface area contributed by atoms with Crippen LogP contribution in [-0.4, -0.2) is 35.0 Å². The van der Waals surface area contributed by atoms with Gasteiger partial charge in [-0.3, -0.25) is 9.59 Å². The zero-order chi connectivity index (χ0) is 17.2. The van der Waals surface area contributed by atoms with Crippen molar-refractivity contribution in [2.75, 3.05) is 18.0 Å². The Bertz CT molecular complexity index is 804. The Morgan fingerprint density at radius 2 is 2.12 bits per heavy atom. The van der Waals surface area contributed by atoms with Crippen LogP contribution in [0.3, 0.4) is 0 Å². The van der Waals surface area contributed by atoms with Gasteiger partial charge in [0.25, 0.3) is 5.56 Å². The Morgan fingerprint density at radius 3 is 2.92 bits per heavy atom. The van der Waals surface area contributed by atoms with E-state index in [0.29, 0.717) is 18.3 Å². The van der Waals surface area contributed by atoms with Crippen molar-refractivity contribution in [3.8, 4) is 0 Å². The minimum absolute atomic E-state index is 0.0691. The maximum Gasteiger partial charge on any atom is 0.290 e. The summed E-state index contributed by atoms with van der Waals surface area (Å²) in [6.07, 6.45) is 5.93. The molecule has 1 aromatic heterocycles. The van der Waals surface area contributed by atoms with Crippen molar-refractivity contribution in [1.82, 2.24) is 15.3 Å². The molecule has 6 heteroatoms. The summed E-state index contributed by atoms with van der Waals surface area (Å²) in [7, 11) is 0. The first-order chi connectivity index (χ1) is 12.2. The lowest BCUT2D eigenvalue weighted by atomic mass is 10.0. The van der Waals surface area contributed by atoms with Gasteiger partial charge in [0.15, 0.2) is 5.82 Å². The van der Waals surface area contributed by atoms with Crippen molar-refractivity contribution in [1.29, 1.82) is 0 Å². The van der Waals surface area contributed by atoms with Gasteiger partial charge in [0.1, 0.15) is 0 Å².